The van der Waals surface area contributed by atoms with E-state index in [9.17, 15) is 4.79 Å². The second-order valence-electron chi connectivity index (χ2n) is 7.36. The number of benzene rings is 2. The van der Waals surface area contributed by atoms with Gasteiger partial charge in [0.05, 0.1) is 11.5 Å². The van der Waals surface area contributed by atoms with E-state index >= 15 is 0 Å². The van der Waals surface area contributed by atoms with Crippen LogP contribution in [0.15, 0.2) is 42.5 Å². The predicted octanol–water partition coefficient (Wildman–Crippen LogP) is 3.53. The van der Waals surface area contributed by atoms with E-state index in [4.69, 9.17) is 0 Å². The molecule has 0 radical (unpaired) electrons. The number of fused-ring (bicyclic) bond motifs is 1. The fourth-order valence-electron chi connectivity index (χ4n) is 3.64. The lowest BCUT2D eigenvalue weighted by atomic mass is 9.77. The molecule has 23 heavy (non-hydrogen) atoms. The summed E-state index contributed by atoms with van der Waals surface area (Å²) in [5.74, 6) is 0.284. The fraction of sp³-hybridized carbons (Fsp3) is 0.450. The topological polar surface area (TPSA) is 32.3 Å². The van der Waals surface area contributed by atoms with E-state index in [1.54, 1.807) is 0 Å². The van der Waals surface area contributed by atoms with E-state index in [1.807, 2.05) is 6.07 Å². The molecule has 3 rings (SSSR count). The summed E-state index contributed by atoms with van der Waals surface area (Å²) in [5.41, 5.74) is 0.786. The summed E-state index contributed by atoms with van der Waals surface area (Å²) < 4.78 is 0. The van der Waals surface area contributed by atoms with E-state index in [0.717, 1.165) is 12.8 Å². The highest BCUT2D eigenvalue weighted by atomic mass is 16.2. The van der Waals surface area contributed by atoms with Crippen LogP contribution < -0.4 is 5.32 Å². The van der Waals surface area contributed by atoms with Crippen molar-refractivity contribution in [2.45, 2.75) is 38.3 Å². The van der Waals surface area contributed by atoms with Gasteiger partial charge in [-0.15, -0.1) is 0 Å². The zero-order valence-electron chi connectivity index (χ0n) is 14.5. The number of carbonyl (C=O) groups is 1. The minimum absolute atomic E-state index is 0.110. The van der Waals surface area contributed by atoms with Crippen LogP contribution in [0.2, 0.25) is 0 Å². The Morgan fingerprint density at radius 1 is 1.09 bits per heavy atom. The van der Waals surface area contributed by atoms with E-state index in [1.165, 1.54) is 16.3 Å². The first kappa shape index (κ1) is 16.0. The van der Waals surface area contributed by atoms with Gasteiger partial charge in [0.2, 0.25) is 5.91 Å². The molecular formula is C20H26N2O. The summed E-state index contributed by atoms with van der Waals surface area (Å²) >= 11 is 0. The molecule has 2 aromatic carbocycles. The van der Waals surface area contributed by atoms with Gasteiger partial charge in [0, 0.05) is 6.04 Å². The van der Waals surface area contributed by atoms with Crippen LogP contribution in [-0.2, 0) is 10.3 Å². The SMILES string of the molecule is CN(C)[C@@H]1CC[C@H]1C(=O)NC(C)(C)c1cccc2ccccc12. The molecule has 0 aromatic heterocycles. The third kappa shape index (κ3) is 2.98. The van der Waals surface area contributed by atoms with Crippen LogP contribution in [0.4, 0.5) is 0 Å². The second kappa shape index (κ2) is 5.97. The molecule has 1 saturated carbocycles. The van der Waals surface area contributed by atoms with Gasteiger partial charge in [0.25, 0.3) is 0 Å². The molecule has 1 aliphatic carbocycles. The molecule has 1 fully saturated rings. The summed E-state index contributed by atoms with van der Waals surface area (Å²) in [6, 6.07) is 15.0. The van der Waals surface area contributed by atoms with Crippen molar-refractivity contribution < 1.29 is 4.79 Å². The Balaban J connectivity index is 1.85. The molecular weight excluding hydrogens is 284 g/mol. The third-order valence-corrected chi connectivity index (χ3v) is 5.14. The molecule has 3 heteroatoms. The molecule has 0 spiro atoms. The summed E-state index contributed by atoms with van der Waals surface area (Å²) in [4.78, 5) is 14.9. The lowest BCUT2D eigenvalue weighted by Crippen LogP contribution is -2.54. The molecule has 0 saturated heterocycles. The van der Waals surface area contributed by atoms with Crippen LogP contribution in [0.5, 0.6) is 0 Å². The van der Waals surface area contributed by atoms with Gasteiger partial charge in [0.1, 0.15) is 0 Å². The fourth-order valence-corrected chi connectivity index (χ4v) is 3.64. The van der Waals surface area contributed by atoms with Gasteiger partial charge in [0.15, 0.2) is 0 Å². The quantitative estimate of drug-likeness (QED) is 0.937. The van der Waals surface area contributed by atoms with Crippen LogP contribution in [0.25, 0.3) is 10.8 Å². The monoisotopic (exact) mass is 310 g/mol. The van der Waals surface area contributed by atoms with Crippen molar-refractivity contribution in [2.24, 2.45) is 5.92 Å². The van der Waals surface area contributed by atoms with Crippen LogP contribution in [-0.4, -0.2) is 30.9 Å². The number of amides is 1. The first-order chi connectivity index (χ1) is 10.9. The molecule has 2 atom stereocenters. The van der Waals surface area contributed by atoms with Crippen molar-refractivity contribution in [3.63, 3.8) is 0 Å². The summed E-state index contributed by atoms with van der Waals surface area (Å²) in [6.45, 7) is 4.19. The lowest BCUT2D eigenvalue weighted by Gasteiger charge is -2.41. The summed E-state index contributed by atoms with van der Waals surface area (Å²) in [5, 5.41) is 5.70. The molecule has 0 bridgehead atoms. The van der Waals surface area contributed by atoms with Crippen molar-refractivity contribution in [1.82, 2.24) is 10.2 Å². The van der Waals surface area contributed by atoms with Crippen LogP contribution >= 0.6 is 0 Å². The molecule has 3 nitrogen and oxygen atoms in total. The zero-order chi connectivity index (χ0) is 16.6. The van der Waals surface area contributed by atoms with Crippen molar-refractivity contribution >= 4 is 16.7 Å². The smallest absolute Gasteiger partial charge is 0.225 e. The number of hydrogen-bond donors (Lipinski definition) is 1. The Bertz CT molecular complexity index is 715. The maximum absolute atomic E-state index is 12.7. The Hall–Kier alpha value is -1.87. The maximum atomic E-state index is 12.7. The first-order valence-electron chi connectivity index (χ1n) is 8.37. The third-order valence-electron chi connectivity index (χ3n) is 5.14. The van der Waals surface area contributed by atoms with Crippen molar-refractivity contribution in [3.05, 3.63) is 48.0 Å². The summed E-state index contributed by atoms with van der Waals surface area (Å²) in [7, 11) is 4.11. The largest absolute Gasteiger partial charge is 0.347 e. The number of nitrogens with one attached hydrogen (secondary N) is 1. The van der Waals surface area contributed by atoms with Gasteiger partial charge in [-0.25, -0.2) is 0 Å². The van der Waals surface area contributed by atoms with Gasteiger partial charge < -0.3 is 10.2 Å². The van der Waals surface area contributed by atoms with E-state index in [-0.39, 0.29) is 17.4 Å². The molecule has 1 amide bonds. The second-order valence-corrected chi connectivity index (χ2v) is 7.36. The van der Waals surface area contributed by atoms with Crippen molar-refractivity contribution in [1.29, 1.82) is 0 Å². The standard InChI is InChI=1S/C20H26N2O/c1-20(2,21-19(23)16-12-13-18(16)22(3)4)17-11-7-9-14-8-5-6-10-15(14)17/h5-11,16,18H,12-13H2,1-4H3,(H,21,23)/t16-,18-/m1/s1. The average molecular weight is 310 g/mol. The van der Waals surface area contributed by atoms with Crippen LogP contribution in [0.3, 0.4) is 0 Å². The van der Waals surface area contributed by atoms with E-state index in [0.29, 0.717) is 6.04 Å². The first-order valence-corrected chi connectivity index (χ1v) is 8.37. The highest BCUT2D eigenvalue weighted by molar-refractivity contribution is 5.88. The number of carbonyl (C=O) groups excluding carboxylic acids is 1. The highest BCUT2D eigenvalue weighted by Gasteiger charge is 2.39. The van der Waals surface area contributed by atoms with E-state index in [2.05, 4.69) is 74.6 Å². The van der Waals surface area contributed by atoms with Crippen LogP contribution in [0, 0.1) is 5.92 Å². The molecule has 0 heterocycles. The predicted molar refractivity (Wildman–Crippen MR) is 95.3 cm³/mol. The van der Waals surface area contributed by atoms with Gasteiger partial charge in [-0.3, -0.25) is 4.79 Å². The maximum Gasteiger partial charge on any atom is 0.225 e. The molecule has 0 unspecified atom stereocenters. The van der Waals surface area contributed by atoms with Gasteiger partial charge in [-0.1, -0.05) is 42.5 Å². The van der Waals surface area contributed by atoms with E-state index < -0.39 is 0 Å². The number of rotatable bonds is 4. The highest BCUT2D eigenvalue weighted by Crippen LogP contribution is 2.33. The normalized spacial score (nSPS) is 21.3. The molecule has 1 N–H and O–H groups in total. The minimum atomic E-state index is -0.385. The summed E-state index contributed by atoms with van der Waals surface area (Å²) in [6.07, 6.45) is 2.10. The van der Waals surface area contributed by atoms with Crippen LogP contribution in [0.1, 0.15) is 32.3 Å². The zero-order valence-corrected chi connectivity index (χ0v) is 14.5. The molecule has 0 aliphatic heterocycles. The van der Waals surface area contributed by atoms with Crippen molar-refractivity contribution in [2.75, 3.05) is 14.1 Å². The molecule has 2 aromatic rings. The van der Waals surface area contributed by atoms with Gasteiger partial charge >= 0.3 is 0 Å². The number of nitrogens with zero attached hydrogens (tertiary/aromatic N) is 1. The Kier molecular flexibility index (Phi) is 4.15. The Morgan fingerprint density at radius 3 is 2.43 bits per heavy atom. The Labute approximate surface area is 138 Å². The Morgan fingerprint density at radius 2 is 1.78 bits per heavy atom. The molecule has 122 valence electrons. The van der Waals surface area contributed by atoms with Crippen molar-refractivity contribution in [3.8, 4) is 0 Å². The lowest BCUT2D eigenvalue weighted by molar-refractivity contribution is -0.132. The minimum Gasteiger partial charge on any atom is -0.347 e. The average Bonchev–Trinajstić information content (AvgIpc) is 2.44. The molecule has 1 aliphatic rings. The number of hydrogen-bond acceptors (Lipinski definition) is 2. The van der Waals surface area contributed by atoms with Gasteiger partial charge in [-0.05, 0) is 57.1 Å². The van der Waals surface area contributed by atoms with Gasteiger partial charge in [-0.2, -0.15) is 0 Å².